The van der Waals surface area contributed by atoms with Gasteiger partial charge in [-0.05, 0) is 52.4 Å². The molecule has 11 heteroatoms. The minimum atomic E-state index is -3.67. The Kier molecular flexibility index (Phi) is 6.00. The van der Waals surface area contributed by atoms with Crippen LogP contribution in [0.4, 0.5) is 5.13 Å². The predicted octanol–water partition coefficient (Wildman–Crippen LogP) is 4.88. The van der Waals surface area contributed by atoms with Crippen molar-refractivity contribution < 1.29 is 13.2 Å². The SMILES string of the molecule is O=C(Nc1nc(-c2ccc(Br)s2)cs1)C1CCCCN1S(=O)(=O)c1cccs1. The summed E-state index contributed by atoms with van der Waals surface area (Å²) in [5.74, 6) is -0.326. The molecule has 4 rings (SSSR count). The Balaban J connectivity index is 1.52. The lowest BCUT2D eigenvalue weighted by Gasteiger charge is -2.32. The number of anilines is 1. The van der Waals surface area contributed by atoms with Gasteiger partial charge in [0.05, 0.1) is 14.4 Å². The van der Waals surface area contributed by atoms with Gasteiger partial charge in [-0.15, -0.1) is 34.0 Å². The Labute approximate surface area is 183 Å². The molecule has 6 nitrogen and oxygen atoms in total. The highest BCUT2D eigenvalue weighted by atomic mass is 79.9. The van der Waals surface area contributed by atoms with Gasteiger partial charge in [0.15, 0.2) is 5.13 Å². The van der Waals surface area contributed by atoms with Gasteiger partial charge in [-0.3, -0.25) is 4.79 Å². The number of nitrogens with one attached hydrogen (secondary N) is 1. The summed E-state index contributed by atoms with van der Waals surface area (Å²) < 4.78 is 28.5. The molecule has 1 aliphatic heterocycles. The first-order valence-electron chi connectivity index (χ1n) is 8.52. The number of nitrogens with zero attached hydrogens (tertiary/aromatic N) is 2. The lowest BCUT2D eigenvalue weighted by Crippen LogP contribution is -2.49. The summed E-state index contributed by atoms with van der Waals surface area (Å²) in [4.78, 5) is 18.4. The van der Waals surface area contributed by atoms with Gasteiger partial charge in [0.2, 0.25) is 5.91 Å². The molecule has 4 heterocycles. The van der Waals surface area contributed by atoms with Crippen molar-refractivity contribution in [1.29, 1.82) is 0 Å². The second-order valence-corrected chi connectivity index (χ2v) is 12.6. The van der Waals surface area contributed by atoms with Crippen LogP contribution in [0, 0.1) is 0 Å². The fourth-order valence-corrected chi connectivity index (χ4v) is 7.98. The molecule has 1 saturated heterocycles. The number of hydrogen-bond acceptors (Lipinski definition) is 7. The highest BCUT2D eigenvalue weighted by Gasteiger charge is 2.38. The average molecular weight is 519 g/mol. The van der Waals surface area contributed by atoms with E-state index in [-0.39, 0.29) is 10.1 Å². The Morgan fingerprint density at radius 3 is 2.82 bits per heavy atom. The third kappa shape index (κ3) is 4.10. The number of hydrogen-bond donors (Lipinski definition) is 1. The molecule has 1 fully saturated rings. The Morgan fingerprint density at radius 2 is 2.11 bits per heavy atom. The molecule has 0 aromatic carbocycles. The number of carbonyl (C=O) groups excluding carboxylic acids is 1. The van der Waals surface area contributed by atoms with E-state index in [9.17, 15) is 13.2 Å². The lowest BCUT2D eigenvalue weighted by atomic mass is 10.0. The zero-order valence-corrected chi connectivity index (χ0v) is 19.4. The lowest BCUT2D eigenvalue weighted by molar-refractivity contribution is -0.120. The zero-order valence-electron chi connectivity index (χ0n) is 14.5. The molecule has 1 aliphatic rings. The van der Waals surface area contributed by atoms with Crippen molar-refractivity contribution >= 4 is 71.0 Å². The van der Waals surface area contributed by atoms with E-state index in [4.69, 9.17) is 0 Å². The molecule has 3 aromatic heterocycles. The van der Waals surface area contributed by atoms with Crippen molar-refractivity contribution in [1.82, 2.24) is 9.29 Å². The van der Waals surface area contributed by atoms with Gasteiger partial charge in [-0.1, -0.05) is 12.5 Å². The number of thiazole rings is 1. The number of rotatable bonds is 5. The Bertz CT molecular complexity index is 1080. The van der Waals surface area contributed by atoms with Gasteiger partial charge in [0.1, 0.15) is 10.3 Å². The third-order valence-electron chi connectivity index (χ3n) is 4.37. The molecule has 0 radical (unpaired) electrons. The topological polar surface area (TPSA) is 79.4 Å². The highest BCUT2D eigenvalue weighted by Crippen LogP contribution is 2.34. The summed E-state index contributed by atoms with van der Waals surface area (Å²) in [7, 11) is -3.67. The summed E-state index contributed by atoms with van der Waals surface area (Å²) in [6.07, 6.45) is 2.08. The van der Waals surface area contributed by atoms with Gasteiger partial charge >= 0.3 is 0 Å². The van der Waals surface area contributed by atoms with E-state index in [1.54, 1.807) is 28.8 Å². The maximum atomic E-state index is 12.9. The summed E-state index contributed by atoms with van der Waals surface area (Å²) in [6.45, 7) is 0.352. The van der Waals surface area contributed by atoms with Crippen LogP contribution in [-0.4, -0.2) is 36.2 Å². The summed E-state index contributed by atoms with van der Waals surface area (Å²) in [5.41, 5.74) is 0.794. The van der Waals surface area contributed by atoms with Crippen molar-refractivity contribution in [2.75, 3.05) is 11.9 Å². The van der Waals surface area contributed by atoms with Gasteiger partial charge in [0.25, 0.3) is 10.0 Å². The Morgan fingerprint density at radius 1 is 1.25 bits per heavy atom. The van der Waals surface area contributed by atoms with Gasteiger partial charge in [0, 0.05) is 11.9 Å². The number of carbonyl (C=O) groups is 1. The van der Waals surface area contributed by atoms with Crippen LogP contribution in [-0.2, 0) is 14.8 Å². The number of aromatic nitrogens is 1. The number of sulfonamides is 1. The maximum absolute atomic E-state index is 12.9. The summed E-state index contributed by atoms with van der Waals surface area (Å²) in [5, 5.41) is 6.90. The van der Waals surface area contributed by atoms with Gasteiger partial charge in [-0.2, -0.15) is 4.31 Å². The van der Waals surface area contributed by atoms with Crippen LogP contribution in [0.5, 0.6) is 0 Å². The van der Waals surface area contributed by atoms with Crippen molar-refractivity contribution in [3.8, 4) is 10.6 Å². The highest BCUT2D eigenvalue weighted by molar-refractivity contribution is 9.11. The van der Waals surface area contributed by atoms with Gasteiger partial charge < -0.3 is 5.32 Å². The van der Waals surface area contributed by atoms with Crippen LogP contribution < -0.4 is 5.32 Å². The van der Waals surface area contributed by atoms with Crippen LogP contribution in [0.3, 0.4) is 0 Å². The molecule has 0 bridgehead atoms. The maximum Gasteiger partial charge on any atom is 0.253 e. The van der Waals surface area contributed by atoms with E-state index in [1.165, 1.54) is 27.0 Å². The second-order valence-electron chi connectivity index (χ2n) is 6.19. The van der Waals surface area contributed by atoms with E-state index in [1.807, 2.05) is 17.5 Å². The minimum absolute atomic E-state index is 0.270. The smallest absolute Gasteiger partial charge is 0.253 e. The first kappa shape index (κ1) is 20.2. The van der Waals surface area contributed by atoms with E-state index in [0.717, 1.165) is 27.2 Å². The number of amides is 1. The van der Waals surface area contributed by atoms with E-state index < -0.39 is 16.1 Å². The molecule has 3 aromatic rings. The van der Waals surface area contributed by atoms with E-state index in [0.29, 0.717) is 18.1 Å². The van der Waals surface area contributed by atoms with E-state index in [2.05, 4.69) is 26.2 Å². The monoisotopic (exact) mass is 517 g/mol. The first-order chi connectivity index (χ1) is 13.4. The van der Waals surface area contributed by atoms with Gasteiger partial charge in [-0.25, -0.2) is 13.4 Å². The average Bonchev–Trinajstić information content (AvgIpc) is 3.43. The van der Waals surface area contributed by atoms with Crippen LogP contribution in [0.25, 0.3) is 10.6 Å². The number of piperidine rings is 1. The van der Waals surface area contributed by atoms with Crippen molar-refractivity contribution in [3.63, 3.8) is 0 Å². The number of thiophene rings is 2. The quantitative estimate of drug-likeness (QED) is 0.523. The van der Waals surface area contributed by atoms with Crippen molar-refractivity contribution in [2.24, 2.45) is 0 Å². The zero-order chi connectivity index (χ0) is 19.7. The first-order valence-corrected chi connectivity index (χ1v) is 13.3. The normalized spacial score (nSPS) is 18.2. The third-order valence-corrected chi connectivity index (χ3v) is 10.1. The molecule has 0 aliphatic carbocycles. The van der Waals surface area contributed by atoms with Crippen molar-refractivity contribution in [3.05, 3.63) is 38.8 Å². The second kappa shape index (κ2) is 8.33. The van der Waals surface area contributed by atoms with Crippen LogP contribution in [0.1, 0.15) is 19.3 Å². The molecular formula is C17H16BrN3O3S4. The molecule has 0 spiro atoms. The van der Waals surface area contributed by atoms with Crippen LogP contribution in [0.15, 0.2) is 43.0 Å². The minimum Gasteiger partial charge on any atom is -0.301 e. The molecule has 1 amide bonds. The molecule has 0 saturated carbocycles. The van der Waals surface area contributed by atoms with E-state index >= 15 is 0 Å². The standard InChI is InChI=1S/C17H16BrN3O3S4/c18-14-7-6-13(27-14)11-10-26-17(19-11)20-16(22)12-4-1-2-8-21(12)28(23,24)15-5-3-9-25-15/h3,5-7,9-10,12H,1-2,4,8H2,(H,19,20,22). The fourth-order valence-electron chi connectivity index (χ4n) is 3.07. The molecule has 148 valence electrons. The Hall–Kier alpha value is -1.11. The fraction of sp³-hybridized carbons (Fsp3) is 0.294. The largest absolute Gasteiger partial charge is 0.301 e. The van der Waals surface area contributed by atoms with Crippen LogP contribution in [0.2, 0.25) is 0 Å². The molecular weight excluding hydrogens is 502 g/mol. The summed E-state index contributed by atoms with van der Waals surface area (Å²) in [6, 6.07) is 6.48. The predicted molar refractivity (Wildman–Crippen MR) is 118 cm³/mol. The van der Waals surface area contributed by atoms with Crippen LogP contribution >= 0.6 is 49.9 Å². The molecule has 1 unspecified atom stereocenters. The molecule has 1 atom stereocenters. The van der Waals surface area contributed by atoms with Crippen molar-refractivity contribution in [2.45, 2.75) is 29.5 Å². The molecule has 1 N–H and O–H groups in total. The summed E-state index contributed by atoms with van der Waals surface area (Å²) >= 11 is 7.50. The molecule has 28 heavy (non-hydrogen) atoms. The number of halogens is 1.